The van der Waals surface area contributed by atoms with E-state index in [4.69, 9.17) is 0 Å². The fourth-order valence-corrected chi connectivity index (χ4v) is 3.89. The molecule has 3 rings (SSSR count). The van der Waals surface area contributed by atoms with Crippen molar-refractivity contribution in [2.75, 3.05) is 13.1 Å². The number of rotatable bonds is 5. The van der Waals surface area contributed by atoms with E-state index in [0.29, 0.717) is 5.41 Å². The minimum Gasteiger partial charge on any atom is -0.334 e. The minimum atomic E-state index is 0.295. The molecule has 1 saturated heterocycles. The van der Waals surface area contributed by atoms with Crippen LogP contribution >= 0.6 is 0 Å². The zero-order valence-electron chi connectivity index (χ0n) is 12.2. The standard InChI is InChI=1S/C16H27N3/c1-16(8-9-17-12-16)15-11-18-13-19(15)10-4-7-14-5-2-3-6-14/h11,13-14,17H,2-10,12H2,1H3. The fourth-order valence-electron chi connectivity index (χ4n) is 3.89. The summed E-state index contributed by atoms with van der Waals surface area (Å²) in [6.07, 6.45) is 14.0. The van der Waals surface area contributed by atoms with E-state index in [0.717, 1.165) is 25.6 Å². The SMILES string of the molecule is CC1(c2cncn2CCCC2CCCC2)CCNC1. The molecule has 1 unspecified atom stereocenters. The van der Waals surface area contributed by atoms with Gasteiger partial charge in [0, 0.05) is 30.4 Å². The second-order valence-corrected chi connectivity index (χ2v) is 6.75. The molecule has 0 bridgehead atoms. The molecule has 0 aromatic carbocycles. The maximum atomic E-state index is 4.40. The van der Waals surface area contributed by atoms with Crippen molar-refractivity contribution in [3.05, 3.63) is 18.2 Å². The highest BCUT2D eigenvalue weighted by Crippen LogP contribution is 2.31. The zero-order chi connectivity index (χ0) is 13.1. The van der Waals surface area contributed by atoms with Crippen LogP contribution in [-0.2, 0) is 12.0 Å². The summed E-state index contributed by atoms with van der Waals surface area (Å²) in [6.45, 7) is 5.77. The maximum Gasteiger partial charge on any atom is 0.0948 e. The van der Waals surface area contributed by atoms with Crippen LogP contribution in [0.15, 0.2) is 12.5 Å². The average molecular weight is 261 g/mol. The molecule has 106 valence electrons. The number of imidazole rings is 1. The highest BCUT2D eigenvalue weighted by Gasteiger charge is 2.33. The van der Waals surface area contributed by atoms with E-state index in [2.05, 4.69) is 28.0 Å². The fraction of sp³-hybridized carbons (Fsp3) is 0.812. The predicted octanol–water partition coefficient (Wildman–Crippen LogP) is 3.10. The van der Waals surface area contributed by atoms with Crippen LogP contribution in [0.1, 0.15) is 57.6 Å². The van der Waals surface area contributed by atoms with Crippen LogP contribution in [0.3, 0.4) is 0 Å². The normalized spacial score (nSPS) is 28.3. The number of nitrogens with one attached hydrogen (secondary N) is 1. The van der Waals surface area contributed by atoms with E-state index in [9.17, 15) is 0 Å². The van der Waals surface area contributed by atoms with Gasteiger partial charge in [-0.1, -0.05) is 32.6 Å². The molecule has 19 heavy (non-hydrogen) atoms. The Balaban J connectivity index is 1.57. The lowest BCUT2D eigenvalue weighted by molar-refractivity contribution is 0.430. The second-order valence-electron chi connectivity index (χ2n) is 6.75. The summed E-state index contributed by atoms with van der Waals surface area (Å²) in [5, 5.41) is 3.49. The third kappa shape index (κ3) is 2.86. The molecule has 2 aliphatic rings. The van der Waals surface area contributed by atoms with Crippen molar-refractivity contribution >= 4 is 0 Å². The van der Waals surface area contributed by atoms with E-state index in [1.165, 1.54) is 50.6 Å². The average Bonchev–Trinajstić information content (AvgIpc) is 3.10. The van der Waals surface area contributed by atoms with Crippen molar-refractivity contribution < 1.29 is 0 Å². The van der Waals surface area contributed by atoms with Gasteiger partial charge in [-0.2, -0.15) is 0 Å². The summed E-state index contributed by atoms with van der Waals surface area (Å²) in [5.74, 6) is 1.01. The van der Waals surface area contributed by atoms with Crippen LogP contribution in [0.5, 0.6) is 0 Å². The molecule has 2 heterocycles. The van der Waals surface area contributed by atoms with E-state index in [1.807, 2.05) is 6.33 Å². The zero-order valence-corrected chi connectivity index (χ0v) is 12.2. The Morgan fingerprint density at radius 2 is 2.26 bits per heavy atom. The molecule has 1 aromatic heterocycles. The Bertz CT molecular complexity index is 398. The monoisotopic (exact) mass is 261 g/mol. The van der Waals surface area contributed by atoms with E-state index in [1.54, 1.807) is 0 Å². The molecule has 3 nitrogen and oxygen atoms in total. The first-order valence-electron chi connectivity index (χ1n) is 7.99. The highest BCUT2D eigenvalue weighted by atomic mass is 15.1. The van der Waals surface area contributed by atoms with Crippen LogP contribution in [0.4, 0.5) is 0 Å². The largest absolute Gasteiger partial charge is 0.334 e. The molecular weight excluding hydrogens is 234 g/mol. The van der Waals surface area contributed by atoms with Gasteiger partial charge in [-0.05, 0) is 31.7 Å². The third-order valence-corrected chi connectivity index (χ3v) is 5.19. The Hall–Kier alpha value is -0.830. The topological polar surface area (TPSA) is 29.9 Å². The number of hydrogen-bond acceptors (Lipinski definition) is 2. The predicted molar refractivity (Wildman–Crippen MR) is 78.3 cm³/mol. The van der Waals surface area contributed by atoms with Crippen LogP contribution in [0, 0.1) is 5.92 Å². The molecule has 0 amide bonds. The van der Waals surface area contributed by atoms with Crippen LogP contribution in [0.25, 0.3) is 0 Å². The van der Waals surface area contributed by atoms with Gasteiger partial charge >= 0.3 is 0 Å². The molecule has 1 atom stereocenters. The molecule has 1 aromatic rings. The Morgan fingerprint density at radius 1 is 1.42 bits per heavy atom. The van der Waals surface area contributed by atoms with Crippen LogP contribution < -0.4 is 5.32 Å². The Labute approximate surface area is 116 Å². The summed E-state index contributed by atoms with van der Waals surface area (Å²) < 4.78 is 2.40. The first-order chi connectivity index (χ1) is 9.28. The Kier molecular flexibility index (Phi) is 3.92. The Morgan fingerprint density at radius 3 is 3.00 bits per heavy atom. The molecule has 1 aliphatic carbocycles. The molecule has 0 spiro atoms. The summed E-state index contributed by atoms with van der Waals surface area (Å²) in [7, 11) is 0. The van der Waals surface area contributed by atoms with Gasteiger partial charge < -0.3 is 9.88 Å². The molecule has 2 fully saturated rings. The molecule has 1 N–H and O–H groups in total. The molecular formula is C16H27N3. The lowest BCUT2D eigenvalue weighted by Crippen LogP contribution is -2.28. The minimum absolute atomic E-state index is 0.295. The van der Waals surface area contributed by atoms with E-state index in [-0.39, 0.29) is 0 Å². The van der Waals surface area contributed by atoms with Crippen LogP contribution in [0.2, 0.25) is 0 Å². The number of hydrogen-bond donors (Lipinski definition) is 1. The van der Waals surface area contributed by atoms with Gasteiger partial charge in [-0.25, -0.2) is 4.98 Å². The lowest BCUT2D eigenvalue weighted by Gasteiger charge is -2.24. The van der Waals surface area contributed by atoms with Crippen molar-refractivity contribution in [3.8, 4) is 0 Å². The quantitative estimate of drug-likeness (QED) is 0.882. The first kappa shape index (κ1) is 13.2. The lowest BCUT2D eigenvalue weighted by atomic mass is 9.86. The van der Waals surface area contributed by atoms with Gasteiger partial charge in [0.05, 0.1) is 6.33 Å². The highest BCUT2D eigenvalue weighted by molar-refractivity contribution is 5.17. The number of aryl methyl sites for hydroxylation is 1. The van der Waals surface area contributed by atoms with Gasteiger partial charge in [0.15, 0.2) is 0 Å². The van der Waals surface area contributed by atoms with Gasteiger partial charge in [-0.3, -0.25) is 0 Å². The first-order valence-corrected chi connectivity index (χ1v) is 7.99. The second kappa shape index (κ2) is 5.66. The molecule has 0 radical (unpaired) electrons. The molecule has 1 saturated carbocycles. The van der Waals surface area contributed by atoms with Crippen molar-refractivity contribution in [2.45, 2.75) is 63.8 Å². The van der Waals surface area contributed by atoms with Crippen molar-refractivity contribution in [2.24, 2.45) is 5.92 Å². The maximum absolute atomic E-state index is 4.40. The van der Waals surface area contributed by atoms with E-state index < -0.39 is 0 Å². The van der Waals surface area contributed by atoms with Gasteiger partial charge in [0.25, 0.3) is 0 Å². The van der Waals surface area contributed by atoms with Gasteiger partial charge in [0.2, 0.25) is 0 Å². The number of nitrogens with zero attached hydrogens (tertiary/aromatic N) is 2. The van der Waals surface area contributed by atoms with Crippen LogP contribution in [-0.4, -0.2) is 22.6 Å². The molecule has 1 aliphatic heterocycles. The summed E-state index contributed by atoms with van der Waals surface area (Å²) in [5.41, 5.74) is 1.73. The smallest absolute Gasteiger partial charge is 0.0948 e. The van der Waals surface area contributed by atoms with Gasteiger partial charge in [-0.15, -0.1) is 0 Å². The summed E-state index contributed by atoms with van der Waals surface area (Å²) >= 11 is 0. The number of aromatic nitrogens is 2. The summed E-state index contributed by atoms with van der Waals surface area (Å²) in [4.78, 5) is 4.40. The third-order valence-electron chi connectivity index (χ3n) is 5.19. The van der Waals surface area contributed by atoms with Crippen molar-refractivity contribution in [3.63, 3.8) is 0 Å². The van der Waals surface area contributed by atoms with E-state index >= 15 is 0 Å². The molecule has 3 heteroatoms. The summed E-state index contributed by atoms with van der Waals surface area (Å²) in [6, 6.07) is 0. The van der Waals surface area contributed by atoms with Crippen molar-refractivity contribution in [1.29, 1.82) is 0 Å². The van der Waals surface area contributed by atoms with Gasteiger partial charge in [0.1, 0.15) is 0 Å². The van der Waals surface area contributed by atoms with Crippen molar-refractivity contribution in [1.82, 2.24) is 14.9 Å².